The highest BCUT2D eigenvalue weighted by Gasteiger charge is 2.25. The highest BCUT2D eigenvalue weighted by Crippen LogP contribution is 2.26. The van der Waals surface area contributed by atoms with E-state index in [1.165, 1.54) is 7.11 Å². The van der Waals surface area contributed by atoms with Gasteiger partial charge in [-0.2, -0.15) is 0 Å². The number of sulfone groups is 1. The third kappa shape index (κ3) is 7.11. The fourth-order valence-electron chi connectivity index (χ4n) is 3.35. The number of hydrogen-bond donors (Lipinski definition) is 1. The minimum atomic E-state index is -3.32. The van der Waals surface area contributed by atoms with Crippen LogP contribution < -0.4 is 5.32 Å². The van der Waals surface area contributed by atoms with Crippen LogP contribution in [-0.4, -0.2) is 50.4 Å². The first kappa shape index (κ1) is 24.9. The highest BCUT2D eigenvalue weighted by atomic mass is 32.2. The van der Waals surface area contributed by atoms with Crippen molar-refractivity contribution in [2.45, 2.75) is 12.5 Å². The quantitative estimate of drug-likeness (QED) is 0.471. The van der Waals surface area contributed by atoms with Gasteiger partial charge >= 0.3 is 5.97 Å². The van der Waals surface area contributed by atoms with E-state index in [-0.39, 0.29) is 12.2 Å². The maximum atomic E-state index is 13.2. The summed E-state index contributed by atoms with van der Waals surface area (Å²) >= 11 is 0. The van der Waals surface area contributed by atoms with Crippen LogP contribution >= 0.6 is 0 Å². The van der Waals surface area contributed by atoms with Crippen molar-refractivity contribution in [1.29, 1.82) is 0 Å². The predicted octanol–water partition coefficient (Wildman–Crippen LogP) is 3.63. The fourth-order valence-corrected chi connectivity index (χ4v) is 4.01. The van der Waals surface area contributed by atoms with Gasteiger partial charge in [-0.3, -0.25) is 9.78 Å². The molecule has 0 aliphatic rings. The number of methoxy groups -OCH3 is 1. The maximum absolute atomic E-state index is 13.2. The molecule has 1 amide bonds. The Kier molecular flexibility index (Phi) is 8.32. The Morgan fingerprint density at radius 3 is 2.41 bits per heavy atom. The van der Waals surface area contributed by atoms with Crippen LogP contribution in [0.25, 0.3) is 23.3 Å². The standard InChI is InChI=1S/C26H26N2O5S/c1-33-26(30)24(14-16-34(2,31)32)28-25(29)22-13-12-19(10-11-20-7-6-15-27-18-20)17-23(22)21-8-4-3-5-9-21/h3-13,15,17-18,24H,14,16H2,1-2H3,(H,28,29). The van der Waals surface area contributed by atoms with Gasteiger partial charge in [0, 0.05) is 24.2 Å². The molecule has 1 unspecified atom stereocenters. The Hall–Kier alpha value is -3.78. The molecule has 3 rings (SSSR count). The summed E-state index contributed by atoms with van der Waals surface area (Å²) in [6, 6.07) is 17.5. The summed E-state index contributed by atoms with van der Waals surface area (Å²) in [4.78, 5) is 29.5. The minimum Gasteiger partial charge on any atom is -0.467 e. The number of benzene rings is 2. The number of nitrogens with zero attached hydrogens (tertiary/aromatic N) is 1. The molecule has 34 heavy (non-hydrogen) atoms. The normalized spacial score (nSPS) is 12.3. The third-order valence-corrected chi connectivity index (χ3v) is 6.07. The minimum absolute atomic E-state index is 0.0795. The van der Waals surface area contributed by atoms with E-state index >= 15 is 0 Å². The Bertz CT molecular complexity index is 1270. The average Bonchev–Trinajstić information content (AvgIpc) is 2.85. The van der Waals surface area contributed by atoms with Gasteiger partial charge < -0.3 is 10.1 Å². The number of carbonyl (C=O) groups is 2. The fraction of sp³-hybridized carbons (Fsp3) is 0.192. The molecule has 0 spiro atoms. The second-order valence-corrected chi connectivity index (χ2v) is 10.0. The van der Waals surface area contributed by atoms with Crippen molar-refractivity contribution < 1.29 is 22.7 Å². The first-order valence-electron chi connectivity index (χ1n) is 10.6. The largest absolute Gasteiger partial charge is 0.467 e. The maximum Gasteiger partial charge on any atom is 0.328 e. The lowest BCUT2D eigenvalue weighted by molar-refractivity contribution is -0.142. The van der Waals surface area contributed by atoms with Crippen LogP contribution in [-0.2, 0) is 19.4 Å². The van der Waals surface area contributed by atoms with Gasteiger partial charge in [-0.25, -0.2) is 13.2 Å². The van der Waals surface area contributed by atoms with Gasteiger partial charge in [0.1, 0.15) is 15.9 Å². The van der Waals surface area contributed by atoms with Crippen molar-refractivity contribution >= 4 is 33.9 Å². The van der Waals surface area contributed by atoms with Crippen molar-refractivity contribution in [3.05, 3.63) is 89.7 Å². The van der Waals surface area contributed by atoms with E-state index < -0.39 is 27.8 Å². The molecule has 0 saturated carbocycles. The molecule has 1 atom stereocenters. The summed E-state index contributed by atoms with van der Waals surface area (Å²) in [6.45, 7) is 0. The molecule has 1 aromatic heterocycles. The Balaban J connectivity index is 1.93. The molecule has 1 N–H and O–H groups in total. The summed E-state index contributed by atoms with van der Waals surface area (Å²) in [5, 5.41) is 2.64. The molecule has 0 aliphatic heterocycles. The van der Waals surface area contributed by atoms with Crippen LogP contribution in [0.5, 0.6) is 0 Å². The second-order valence-electron chi connectivity index (χ2n) is 7.76. The zero-order valence-corrected chi connectivity index (χ0v) is 19.8. The first-order valence-corrected chi connectivity index (χ1v) is 12.7. The van der Waals surface area contributed by atoms with Crippen LogP contribution in [0.4, 0.5) is 0 Å². The number of carbonyl (C=O) groups excluding carboxylic acids is 2. The van der Waals surface area contributed by atoms with E-state index in [0.29, 0.717) is 11.1 Å². The average molecular weight is 479 g/mol. The zero-order valence-electron chi connectivity index (χ0n) is 19.0. The summed E-state index contributed by atoms with van der Waals surface area (Å²) < 4.78 is 27.9. The number of nitrogens with one attached hydrogen (secondary N) is 1. The van der Waals surface area contributed by atoms with Crippen molar-refractivity contribution in [3.8, 4) is 11.1 Å². The molecule has 8 heteroatoms. The van der Waals surface area contributed by atoms with Gasteiger partial charge in [-0.05, 0) is 46.9 Å². The van der Waals surface area contributed by atoms with E-state index in [1.807, 2.05) is 60.7 Å². The smallest absolute Gasteiger partial charge is 0.328 e. The number of ether oxygens (including phenoxy) is 1. The van der Waals surface area contributed by atoms with Gasteiger partial charge in [-0.1, -0.05) is 54.6 Å². The lowest BCUT2D eigenvalue weighted by Gasteiger charge is -2.18. The molecule has 0 saturated heterocycles. The molecular weight excluding hydrogens is 452 g/mol. The van der Waals surface area contributed by atoms with E-state index in [1.54, 1.807) is 24.5 Å². The lowest BCUT2D eigenvalue weighted by atomic mass is 9.96. The summed E-state index contributed by atoms with van der Waals surface area (Å²) in [6.07, 6.45) is 8.30. The molecule has 0 radical (unpaired) electrons. The van der Waals surface area contributed by atoms with Crippen LogP contribution in [0.3, 0.4) is 0 Å². The van der Waals surface area contributed by atoms with Crippen LogP contribution in [0.2, 0.25) is 0 Å². The van der Waals surface area contributed by atoms with Crippen molar-refractivity contribution in [2.75, 3.05) is 19.1 Å². The lowest BCUT2D eigenvalue weighted by Crippen LogP contribution is -2.42. The number of aromatic nitrogens is 1. The SMILES string of the molecule is COC(=O)C(CCS(C)(=O)=O)NC(=O)c1ccc(C=Cc2cccnc2)cc1-c1ccccc1. The van der Waals surface area contributed by atoms with E-state index in [9.17, 15) is 18.0 Å². The zero-order chi connectivity index (χ0) is 24.6. The topological polar surface area (TPSA) is 102 Å². The number of amides is 1. The van der Waals surface area contributed by atoms with Crippen LogP contribution in [0, 0.1) is 0 Å². The van der Waals surface area contributed by atoms with Crippen molar-refractivity contribution in [3.63, 3.8) is 0 Å². The number of esters is 1. The van der Waals surface area contributed by atoms with Gasteiger partial charge in [0.2, 0.25) is 0 Å². The summed E-state index contributed by atoms with van der Waals surface area (Å²) in [7, 11) is -2.12. The van der Waals surface area contributed by atoms with Crippen LogP contribution in [0.15, 0.2) is 73.1 Å². The Labute approximate surface area is 199 Å². The Morgan fingerprint density at radius 2 is 1.76 bits per heavy atom. The monoisotopic (exact) mass is 478 g/mol. The van der Waals surface area contributed by atoms with Crippen molar-refractivity contribution in [2.24, 2.45) is 0 Å². The molecule has 1 heterocycles. The summed E-state index contributed by atoms with van der Waals surface area (Å²) in [5.41, 5.74) is 3.68. The molecule has 0 fully saturated rings. The Morgan fingerprint density at radius 1 is 1.03 bits per heavy atom. The molecule has 0 aliphatic carbocycles. The predicted molar refractivity (Wildman–Crippen MR) is 133 cm³/mol. The second kappa shape index (κ2) is 11.4. The van der Waals surface area contributed by atoms with E-state index in [4.69, 9.17) is 4.74 Å². The number of rotatable bonds is 9. The van der Waals surface area contributed by atoms with Crippen molar-refractivity contribution in [1.82, 2.24) is 10.3 Å². The molecule has 3 aromatic rings. The molecule has 0 bridgehead atoms. The molecule has 7 nitrogen and oxygen atoms in total. The summed E-state index contributed by atoms with van der Waals surface area (Å²) in [5.74, 6) is -1.45. The van der Waals surface area contributed by atoms with Gasteiger partial charge in [0.15, 0.2) is 0 Å². The number of hydrogen-bond acceptors (Lipinski definition) is 6. The van der Waals surface area contributed by atoms with Gasteiger partial charge in [0.05, 0.1) is 12.9 Å². The van der Waals surface area contributed by atoms with Gasteiger partial charge in [0.25, 0.3) is 5.91 Å². The molecule has 2 aromatic carbocycles. The van der Waals surface area contributed by atoms with Gasteiger partial charge in [-0.15, -0.1) is 0 Å². The molecular formula is C26H26N2O5S. The third-order valence-electron chi connectivity index (χ3n) is 5.09. The number of pyridine rings is 1. The van der Waals surface area contributed by atoms with E-state index in [0.717, 1.165) is 22.9 Å². The first-order chi connectivity index (χ1) is 16.3. The molecule has 176 valence electrons. The van der Waals surface area contributed by atoms with E-state index in [2.05, 4.69) is 10.3 Å². The van der Waals surface area contributed by atoms with Crippen LogP contribution in [0.1, 0.15) is 27.9 Å². The highest BCUT2D eigenvalue weighted by molar-refractivity contribution is 7.90.